The van der Waals surface area contributed by atoms with Crippen molar-refractivity contribution in [2.45, 2.75) is 0 Å². The van der Waals surface area contributed by atoms with Crippen LogP contribution < -0.4 is 0 Å². The Bertz CT molecular complexity index is 455. The normalized spacial score (nSPS) is 8.67. The Balaban J connectivity index is 3.16. The van der Waals surface area contributed by atoms with Gasteiger partial charge in [-0.25, -0.2) is 9.18 Å². The van der Waals surface area contributed by atoms with Crippen LogP contribution in [0.1, 0.15) is 15.9 Å². The van der Waals surface area contributed by atoms with Crippen molar-refractivity contribution < 1.29 is 18.7 Å². The molecular weight excluding hydrogens is 199 g/mol. The lowest BCUT2D eigenvalue weighted by molar-refractivity contribution is -0.103. The molecule has 0 aliphatic rings. The molecule has 0 atom stereocenters. The third-order valence-corrected chi connectivity index (χ3v) is 1.65. The van der Waals surface area contributed by atoms with Gasteiger partial charge in [-0.05, 0) is 24.1 Å². The molecule has 0 radical (unpaired) electrons. The molecule has 4 heteroatoms. The number of hydrogen-bond acceptors (Lipinski definition) is 3. The maximum Gasteiger partial charge on any atom is 0.340 e. The summed E-state index contributed by atoms with van der Waals surface area (Å²) in [6, 6.07) is 3.71. The fourth-order valence-electron chi connectivity index (χ4n) is 0.982. The fourth-order valence-corrected chi connectivity index (χ4v) is 0.982. The highest BCUT2D eigenvalue weighted by atomic mass is 19.1. The quantitative estimate of drug-likeness (QED) is 0.393. The molecule has 1 rings (SSSR count). The average molecular weight is 206 g/mol. The summed E-state index contributed by atoms with van der Waals surface area (Å²) in [5, 5.41) is 0. The van der Waals surface area contributed by atoms with Crippen LogP contribution >= 0.6 is 0 Å². The van der Waals surface area contributed by atoms with E-state index in [4.69, 9.17) is 0 Å². The average Bonchev–Trinajstić information content (AvgIpc) is 2.27. The molecule has 0 bridgehead atoms. The van der Waals surface area contributed by atoms with Crippen molar-refractivity contribution in [1.29, 1.82) is 0 Å². The molecule has 0 amide bonds. The molecule has 0 heterocycles. The first kappa shape index (κ1) is 10.9. The van der Waals surface area contributed by atoms with Gasteiger partial charge in [-0.2, -0.15) is 0 Å². The summed E-state index contributed by atoms with van der Waals surface area (Å²) >= 11 is 0. The Kier molecular flexibility index (Phi) is 3.58. The molecule has 0 aliphatic carbocycles. The Morgan fingerprint density at radius 3 is 2.87 bits per heavy atom. The van der Waals surface area contributed by atoms with Gasteiger partial charge in [-0.1, -0.05) is 5.92 Å². The van der Waals surface area contributed by atoms with Crippen LogP contribution in [0.25, 0.3) is 0 Å². The molecule has 0 saturated carbocycles. The van der Waals surface area contributed by atoms with Gasteiger partial charge in [0, 0.05) is 5.56 Å². The van der Waals surface area contributed by atoms with E-state index in [-0.39, 0.29) is 5.56 Å². The van der Waals surface area contributed by atoms with Crippen LogP contribution in [0, 0.1) is 17.7 Å². The lowest BCUT2D eigenvalue weighted by atomic mass is 10.1. The Hall–Kier alpha value is -2.15. The molecule has 1 aromatic carbocycles. The summed E-state index contributed by atoms with van der Waals surface area (Å²) in [7, 11) is 1.16. The van der Waals surface area contributed by atoms with E-state index in [9.17, 15) is 14.0 Å². The fraction of sp³-hybridized carbons (Fsp3) is 0.0909. The minimum atomic E-state index is -0.776. The van der Waals surface area contributed by atoms with E-state index in [1.807, 2.05) is 0 Å². The molecule has 0 aromatic heterocycles. The van der Waals surface area contributed by atoms with E-state index >= 15 is 0 Å². The van der Waals surface area contributed by atoms with Crippen LogP contribution in [0.5, 0.6) is 0 Å². The highest BCUT2D eigenvalue weighted by molar-refractivity contribution is 5.90. The molecular formula is C11H7FO3. The Morgan fingerprint density at radius 1 is 1.53 bits per heavy atom. The molecule has 1 aromatic rings. The number of methoxy groups -OCH3 is 1. The van der Waals surface area contributed by atoms with Crippen LogP contribution in [-0.2, 0) is 9.53 Å². The van der Waals surface area contributed by atoms with E-state index < -0.39 is 11.8 Å². The van der Waals surface area contributed by atoms with Gasteiger partial charge in [0.2, 0.25) is 0 Å². The SMILES string of the molecule is COC(=O)c1cc(C#CC=O)ccc1F. The summed E-state index contributed by atoms with van der Waals surface area (Å²) in [6.07, 6.45) is 0.418. The van der Waals surface area contributed by atoms with Crippen LogP contribution in [0.3, 0.4) is 0 Å². The van der Waals surface area contributed by atoms with E-state index in [0.29, 0.717) is 11.8 Å². The minimum Gasteiger partial charge on any atom is -0.465 e. The molecule has 0 aliphatic heterocycles. The molecule has 0 spiro atoms. The highest BCUT2D eigenvalue weighted by Crippen LogP contribution is 2.10. The summed E-state index contributed by atoms with van der Waals surface area (Å²) < 4.78 is 17.5. The van der Waals surface area contributed by atoms with Gasteiger partial charge in [-0.3, -0.25) is 4.79 Å². The molecule has 3 nitrogen and oxygen atoms in total. The molecule has 15 heavy (non-hydrogen) atoms. The van der Waals surface area contributed by atoms with Crippen LogP contribution in [0.15, 0.2) is 18.2 Å². The van der Waals surface area contributed by atoms with Crippen LogP contribution in [-0.4, -0.2) is 19.4 Å². The second-order valence-corrected chi connectivity index (χ2v) is 2.57. The van der Waals surface area contributed by atoms with Crippen molar-refractivity contribution >= 4 is 12.3 Å². The standard InChI is InChI=1S/C11H7FO3/c1-15-11(14)9-7-8(3-2-6-13)4-5-10(9)12/h4-7H,1H3. The van der Waals surface area contributed by atoms with Crippen molar-refractivity contribution in [3.63, 3.8) is 0 Å². The van der Waals surface area contributed by atoms with Gasteiger partial charge >= 0.3 is 5.97 Å². The number of halogens is 1. The first-order chi connectivity index (χ1) is 7.19. The molecule has 0 fully saturated rings. The van der Waals surface area contributed by atoms with Gasteiger partial charge in [0.15, 0.2) is 6.29 Å². The van der Waals surface area contributed by atoms with Crippen molar-refractivity contribution in [2.75, 3.05) is 7.11 Å². The van der Waals surface area contributed by atoms with Crippen molar-refractivity contribution in [2.24, 2.45) is 0 Å². The van der Waals surface area contributed by atoms with Gasteiger partial charge in [0.25, 0.3) is 0 Å². The molecule has 0 N–H and O–H groups in total. The van der Waals surface area contributed by atoms with E-state index in [1.54, 1.807) is 0 Å². The van der Waals surface area contributed by atoms with Gasteiger partial charge in [0.1, 0.15) is 5.82 Å². The van der Waals surface area contributed by atoms with Crippen molar-refractivity contribution in [1.82, 2.24) is 0 Å². The van der Waals surface area contributed by atoms with Crippen molar-refractivity contribution in [3.05, 3.63) is 35.1 Å². The van der Waals surface area contributed by atoms with E-state index in [1.165, 1.54) is 12.1 Å². The molecule has 0 saturated heterocycles. The van der Waals surface area contributed by atoms with Gasteiger partial charge in [0.05, 0.1) is 12.7 Å². The second-order valence-electron chi connectivity index (χ2n) is 2.57. The summed E-state index contributed by atoms with van der Waals surface area (Å²) in [6.45, 7) is 0. The monoisotopic (exact) mass is 206 g/mol. The van der Waals surface area contributed by atoms with Crippen molar-refractivity contribution in [3.8, 4) is 11.8 Å². The number of hydrogen-bond donors (Lipinski definition) is 0. The highest BCUT2D eigenvalue weighted by Gasteiger charge is 2.11. The maximum absolute atomic E-state index is 13.1. The summed E-state index contributed by atoms with van der Waals surface area (Å²) in [4.78, 5) is 21.1. The van der Waals surface area contributed by atoms with E-state index in [0.717, 1.165) is 13.2 Å². The first-order valence-electron chi connectivity index (χ1n) is 4.02. The van der Waals surface area contributed by atoms with E-state index in [2.05, 4.69) is 16.6 Å². The minimum absolute atomic E-state index is 0.199. The predicted octanol–water partition coefficient (Wildman–Crippen LogP) is 1.16. The zero-order chi connectivity index (χ0) is 11.3. The second kappa shape index (κ2) is 4.91. The number of carbonyl (C=O) groups is 2. The third-order valence-electron chi connectivity index (χ3n) is 1.65. The van der Waals surface area contributed by atoms with Gasteiger partial charge in [-0.15, -0.1) is 0 Å². The number of ether oxygens (including phenoxy) is 1. The lowest BCUT2D eigenvalue weighted by Gasteiger charge is -2.00. The van der Waals surface area contributed by atoms with Crippen LogP contribution in [0.2, 0.25) is 0 Å². The number of benzene rings is 1. The first-order valence-corrected chi connectivity index (χ1v) is 4.02. The summed E-state index contributed by atoms with van der Waals surface area (Å²) in [5.41, 5.74) is 0.180. The van der Waals surface area contributed by atoms with Crippen LogP contribution in [0.4, 0.5) is 4.39 Å². The zero-order valence-electron chi connectivity index (χ0n) is 7.91. The summed E-state index contributed by atoms with van der Waals surface area (Å²) in [5.74, 6) is 3.15. The number of aldehydes is 1. The number of carbonyl (C=O) groups excluding carboxylic acids is 2. The molecule has 0 unspecified atom stereocenters. The number of rotatable bonds is 1. The largest absolute Gasteiger partial charge is 0.465 e. The number of esters is 1. The predicted molar refractivity (Wildman–Crippen MR) is 50.7 cm³/mol. The third kappa shape index (κ3) is 2.64. The molecule has 76 valence electrons. The maximum atomic E-state index is 13.1. The Morgan fingerprint density at radius 2 is 2.27 bits per heavy atom. The Labute approximate surface area is 85.9 Å². The zero-order valence-corrected chi connectivity index (χ0v) is 7.91. The topological polar surface area (TPSA) is 43.4 Å². The lowest BCUT2D eigenvalue weighted by Crippen LogP contribution is -2.04. The van der Waals surface area contributed by atoms with Gasteiger partial charge < -0.3 is 4.74 Å². The smallest absolute Gasteiger partial charge is 0.340 e.